The second kappa shape index (κ2) is 11.8. The number of primary amides is 1. The number of amides is 4. The molecule has 2 atom stereocenters. The van der Waals surface area contributed by atoms with E-state index in [-0.39, 0.29) is 24.8 Å². The summed E-state index contributed by atoms with van der Waals surface area (Å²) in [5, 5.41) is 5.62. The molecule has 1 saturated carbocycles. The van der Waals surface area contributed by atoms with E-state index in [1.807, 2.05) is 52.0 Å². The lowest BCUT2D eigenvalue weighted by atomic mass is 9.98. The Bertz CT molecular complexity index is 942. The summed E-state index contributed by atoms with van der Waals surface area (Å²) < 4.78 is 5.35. The van der Waals surface area contributed by atoms with Crippen molar-refractivity contribution in [2.45, 2.75) is 110 Å². The van der Waals surface area contributed by atoms with Gasteiger partial charge in [-0.15, -0.1) is 0 Å². The zero-order chi connectivity index (χ0) is 27.3. The Kier molecular flexibility index (Phi) is 9.51. The van der Waals surface area contributed by atoms with E-state index in [4.69, 9.17) is 10.5 Å². The van der Waals surface area contributed by atoms with Crippen molar-refractivity contribution in [3.63, 3.8) is 0 Å². The summed E-state index contributed by atoms with van der Waals surface area (Å²) in [6, 6.07) is 5.51. The molecule has 2 unspecified atom stereocenters. The maximum Gasteiger partial charge on any atom is 0.408 e. The summed E-state index contributed by atoms with van der Waals surface area (Å²) in [7, 11) is 0. The van der Waals surface area contributed by atoms with Crippen LogP contribution in [-0.4, -0.2) is 51.9 Å². The van der Waals surface area contributed by atoms with Crippen LogP contribution in [0.4, 0.5) is 4.79 Å². The zero-order valence-corrected chi connectivity index (χ0v) is 22.6. The first-order valence-electron chi connectivity index (χ1n) is 12.6. The number of nitrogens with one attached hydrogen (secondary N) is 2. The maximum absolute atomic E-state index is 14.0. The predicted octanol–water partition coefficient (Wildman–Crippen LogP) is 3.35. The van der Waals surface area contributed by atoms with Gasteiger partial charge in [-0.3, -0.25) is 14.4 Å². The number of nitrogens with zero attached hydrogens (tertiary/aromatic N) is 1. The van der Waals surface area contributed by atoms with Gasteiger partial charge in [-0.2, -0.15) is 0 Å². The lowest BCUT2D eigenvalue weighted by Crippen LogP contribution is -2.55. The first kappa shape index (κ1) is 29.1. The number of hydrogen-bond donors (Lipinski definition) is 3. The van der Waals surface area contributed by atoms with E-state index < -0.39 is 41.1 Å². The van der Waals surface area contributed by atoms with Crippen LogP contribution in [0, 0.1) is 0 Å². The number of aryl methyl sites for hydroxylation is 1. The van der Waals surface area contributed by atoms with Crippen molar-refractivity contribution in [3.8, 4) is 0 Å². The van der Waals surface area contributed by atoms with Gasteiger partial charge in [-0.1, -0.05) is 31.2 Å². The Morgan fingerprint density at radius 2 is 1.64 bits per heavy atom. The molecule has 0 saturated heterocycles. The largest absolute Gasteiger partial charge is 0.444 e. The van der Waals surface area contributed by atoms with Gasteiger partial charge in [0.25, 0.3) is 0 Å². The Labute approximate surface area is 214 Å². The number of nitrogens with two attached hydrogens (primary N) is 1. The van der Waals surface area contributed by atoms with Crippen molar-refractivity contribution in [2.75, 3.05) is 0 Å². The highest BCUT2D eigenvalue weighted by atomic mass is 16.6. The topological polar surface area (TPSA) is 131 Å². The van der Waals surface area contributed by atoms with E-state index in [1.54, 1.807) is 25.7 Å². The molecule has 0 aromatic heterocycles. The van der Waals surface area contributed by atoms with Crippen LogP contribution in [-0.2, 0) is 25.5 Å². The SMILES string of the molecule is CCc1ccc(C(C(=O)NC(C)(C)C)N(C(=O)C(CCC(N)=O)NC(=O)OC(C)(C)C)C2CC2)cc1. The summed E-state index contributed by atoms with van der Waals surface area (Å²) in [6.45, 7) is 12.8. The number of hydrogen-bond acceptors (Lipinski definition) is 5. The van der Waals surface area contributed by atoms with E-state index in [0.29, 0.717) is 5.56 Å². The molecule has 1 aromatic rings. The van der Waals surface area contributed by atoms with Gasteiger partial charge < -0.3 is 26.0 Å². The van der Waals surface area contributed by atoms with Crippen LogP contribution in [0.3, 0.4) is 0 Å². The maximum atomic E-state index is 14.0. The molecule has 2 rings (SSSR count). The molecule has 200 valence electrons. The number of ether oxygens (including phenoxy) is 1. The standard InChI is InChI=1S/C27H42N4O5/c1-8-17-9-11-18(12-10-17)22(23(33)30-26(2,3)4)31(19-13-14-19)24(34)20(15-16-21(28)32)29-25(35)36-27(5,6)7/h9-12,19-20,22H,8,13-16H2,1-7H3,(H2,28,32)(H,29,35)(H,30,33). The summed E-state index contributed by atoms with van der Waals surface area (Å²) in [4.78, 5) is 53.2. The fourth-order valence-electron chi connectivity index (χ4n) is 3.86. The van der Waals surface area contributed by atoms with Gasteiger partial charge in [0.2, 0.25) is 17.7 Å². The van der Waals surface area contributed by atoms with Crippen molar-refractivity contribution < 1.29 is 23.9 Å². The molecule has 1 aromatic carbocycles. The van der Waals surface area contributed by atoms with E-state index in [2.05, 4.69) is 10.6 Å². The molecule has 9 nitrogen and oxygen atoms in total. The third-order valence-electron chi connectivity index (χ3n) is 5.59. The molecule has 1 aliphatic rings. The number of alkyl carbamates (subject to hydrolysis) is 1. The first-order valence-corrected chi connectivity index (χ1v) is 12.6. The Morgan fingerprint density at radius 1 is 1.06 bits per heavy atom. The average Bonchev–Trinajstić information content (AvgIpc) is 3.57. The fraction of sp³-hybridized carbons (Fsp3) is 0.630. The highest BCUT2D eigenvalue weighted by Gasteiger charge is 2.44. The Balaban J connectivity index is 2.46. The molecule has 0 bridgehead atoms. The smallest absolute Gasteiger partial charge is 0.408 e. The molecular formula is C27H42N4O5. The lowest BCUT2D eigenvalue weighted by Gasteiger charge is -2.36. The number of benzene rings is 1. The van der Waals surface area contributed by atoms with Crippen molar-refractivity contribution in [1.29, 1.82) is 0 Å². The van der Waals surface area contributed by atoms with Crippen LogP contribution in [0.1, 0.15) is 91.3 Å². The molecule has 36 heavy (non-hydrogen) atoms. The number of carbonyl (C=O) groups excluding carboxylic acids is 4. The minimum atomic E-state index is -1.08. The number of rotatable bonds is 10. The lowest BCUT2D eigenvalue weighted by molar-refractivity contribution is -0.144. The third kappa shape index (κ3) is 9.17. The van der Waals surface area contributed by atoms with Gasteiger partial charge in [0, 0.05) is 18.0 Å². The van der Waals surface area contributed by atoms with Gasteiger partial charge >= 0.3 is 6.09 Å². The van der Waals surface area contributed by atoms with Crippen molar-refractivity contribution in [1.82, 2.24) is 15.5 Å². The molecule has 4 N–H and O–H groups in total. The van der Waals surface area contributed by atoms with Gasteiger partial charge in [-0.05, 0) is 78.4 Å². The Hall–Kier alpha value is -3.10. The molecule has 1 fully saturated rings. The molecule has 9 heteroatoms. The number of carbonyl (C=O) groups is 4. The van der Waals surface area contributed by atoms with E-state index >= 15 is 0 Å². The molecule has 0 spiro atoms. The third-order valence-corrected chi connectivity index (χ3v) is 5.59. The highest BCUT2D eigenvalue weighted by molar-refractivity contribution is 5.93. The van der Waals surface area contributed by atoms with Crippen molar-refractivity contribution >= 4 is 23.8 Å². The normalized spacial score (nSPS) is 15.4. The quantitative estimate of drug-likeness (QED) is 0.452. The summed E-state index contributed by atoms with van der Waals surface area (Å²) >= 11 is 0. The summed E-state index contributed by atoms with van der Waals surface area (Å²) in [5.41, 5.74) is 5.85. The zero-order valence-electron chi connectivity index (χ0n) is 22.6. The minimum Gasteiger partial charge on any atom is -0.444 e. The van der Waals surface area contributed by atoms with E-state index in [9.17, 15) is 19.2 Å². The molecule has 4 amide bonds. The van der Waals surface area contributed by atoms with Crippen LogP contribution in [0.2, 0.25) is 0 Å². The van der Waals surface area contributed by atoms with Crippen LogP contribution in [0.25, 0.3) is 0 Å². The summed E-state index contributed by atoms with van der Waals surface area (Å²) in [6.07, 6.45) is 1.46. The van der Waals surface area contributed by atoms with Gasteiger partial charge in [0.1, 0.15) is 17.7 Å². The summed E-state index contributed by atoms with van der Waals surface area (Å²) in [5.74, 6) is -1.34. The van der Waals surface area contributed by atoms with Gasteiger partial charge in [0.15, 0.2) is 0 Å². The Morgan fingerprint density at radius 3 is 2.08 bits per heavy atom. The predicted molar refractivity (Wildman–Crippen MR) is 138 cm³/mol. The van der Waals surface area contributed by atoms with E-state index in [1.165, 1.54) is 0 Å². The monoisotopic (exact) mass is 502 g/mol. The minimum absolute atomic E-state index is 0.000980. The molecule has 0 heterocycles. The second-order valence-corrected chi connectivity index (χ2v) is 11.4. The van der Waals surface area contributed by atoms with Gasteiger partial charge in [0.05, 0.1) is 0 Å². The molecule has 0 radical (unpaired) electrons. The van der Waals surface area contributed by atoms with Gasteiger partial charge in [-0.25, -0.2) is 4.79 Å². The van der Waals surface area contributed by atoms with Crippen LogP contribution >= 0.6 is 0 Å². The second-order valence-electron chi connectivity index (χ2n) is 11.4. The molecular weight excluding hydrogens is 460 g/mol. The molecule has 1 aliphatic carbocycles. The van der Waals surface area contributed by atoms with Crippen LogP contribution in [0.5, 0.6) is 0 Å². The van der Waals surface area contributed by atoms with Crippen molar-refractivity contribution in [2.24, 2.45) is 5.73 Å². The van der Waals surface area contributed by atoms with Crippen LogP contribution in [0.15, 0.2) is 24.3 Å². The first-order chi connectivity index (χ1) is 16.6. The average molecular weight is 503 g/mol. The molecule has 0 aliphatic heterocycles. The highest BCUT2D eigenvalue weighted by Crippen LogP contribution is 2.36. The fourth-order valence-corrected chi connectivity index (χ4v) is 3.86. The van der Waals surface area contributed by atoms with E-state index in [0.717, 1.165) is 24.8 Å². The van der Waals surface area contributed by atoms with Crippen molar-refractivity contribution in [3.05, 3.63) is 35.4 Å². The van der Waals surface area contributed by atoms with Crippen LogP contribution < -0.4 is 16.4 Å².